The fourth-order valence-electron chi connectivity index (χ4n) is 1.77. The molecule has 0 aromatic carbocycles. The summed E-state index contributed by atoms with van der Waals surface area (Å²) < 4.78 is 5.74. The smallest absolute Gasteiger partial charge is 0.194 e. The predicted octanol–water partition coefficient (Wildman–Crippen LogP) is 3.28. The molecule has 0 amide bonds. The standard InChI is InChI=1S/C14H21N3OS/c1-10(2)7-15-6-4-5-14-17-8-12(18-14)13-9-16-11(3)19-13/h8-10,15H,4-7H2,1-3H3. The summed E-state index contributed by atoms with van der Waals surface area (Å²) in [6.07, 6.45) is 5.57. The molecule has 0 aliphatic rings. The number of nitrogens with zero attached hydrogens (tertiary/aromatic N) is 2. The van der Waals surface area contributed by atoms with Crippen LogP contribution in [0.25, 0.3) is 10.6 Å². The number of aryl methyl sites for hydroxylation is 2. The maximum Gasteiger partial charge on any atom is 0.194 e. The third-order valence-electron chi connectivity index (χ3n) is 2.71. The first-order valence-electron chi connectivity index (χ1n) is 6.73. The van der Waals surface area contributed by atoms with E-state index in [2.05, 4.69) is 29.1 Å². The van der Waals surface area contributed by atoms with E-state index in [9.17, 15) is 0 Å². The van der Waals surface area contributed by atoms with Gasteiger partial charge in [0.2, 0.25) is 0 Å². The van der Waals surface area contributed by atoms with Gasteiger partial charge in [0.25, 0.3) is 0 Å². The largest absolute Gasteiger partial charge is 0.440 e. The first kappa shape index (κ1) is 14.2. The Morgan fingerprint density at radius 3 is 2.84 bits per heavy atom. The van der Waals surface area contributed by atoms with Gasteiger partial charge in [-0.1, -0.05) is 13.8 Å². The van der Waals surface area contributed by atoms with Crippen molar-refractivity contribution in [3.8, 4) is 10.6 Å². The zero-order chi connectivity index (χ0) is 13.7. The molecule has 5 heteroatoms. The minimum absolute atomic E-state index is 0.697. The van der Waals surface area contributed by atoms with Crippen LogP contribution in [0.2, 0.25) is 0 Å². The van der Waals surface area contributed by atoms with Crippen molar-refractivity contribution < 1.29 is 4.42 Å². The molecule has 0 aliphatic carbocycles. The predicted molar refractivity (Wildman–Crippen MR) is 78.4 cm³/mol. The van der Waals surface area contributed by atoms with E-state index >= 15 is 0 Å². The molecule has 104 valence electrons. The summed E-state index contributed by atoms with van der Waals surface area (Å²) >= 11 is 1.63. The SMILES string of the molecule is Cc1ncc(-c2cnc(CCCNCC(C)C)o2)s1. The van der Waals surface area contributed by atoms with E-state index in [4.69, 9.17) is 4.42 Å². The summed E-state index contributed by atoms with van der Waals surface area (Å²) in [5.41, 5.74) is 0. The van der Waals surface area contributed by atoms with Crippen LogP contribution in [0, 0.1) is 12.8 Å². The Kier molecular flexibility index (Phi) is 5.10. The minimum Gasteiger partial charge on any atom is -0.440 e. The maximum atomic E-state index is 5.74. The topological polar surface area (TPSA) is 51.0 Å². The van der Waals surface area contributed by atoms with Crippen LogP contribution in [0.4, 0.5) is 0 Å². The molecular formula is C14H21N3OS. The highest BCUT2D eigenvalue weighted by molar-refractivity contribution is 7.14. The lowest BCUT2D eigenvalue weighted by atomic mass is 10.2. The molecule has 19 heavy (non-hydrogen) atoms. The average Bonchev–Trinajstić information content (AvgIpc) is 2.97. The molecular weight excluding hydrogens is 258 g/mol. The van der Waals surface area contributed by atoms with Gasteiger partial charge in [0.05, 0.1) is 16.1 Å². The van der Waals surface area contributed by atoms with Crippen molar-refractivity contribution in [1.29, 1.82) is 0 Å². The van der Waals surface area contributed by atoms with Crippen LogP contribution in [0.1, 0.15) is 31.2 Å². The molecule has 2 aromatic rings. The third kappa shape index (κ3) is 4.44. The molecule has 2 aromatic heterocycles. The summed E-state index contributed by atoms with van der Waals surface area (Å²) in [5, 5.41) is 4.47. The Bertz CT molecular complexity index is 504. The highest BCUT2D eigenvalue weighted by Crippen LogP contribution is 2.26. The first-order valence-corrected chi connectivity index (χ1v) is 7.55. The van der Waals surface area contributed by atoms with Crippen molar-refractivity contribution in [2.24, 2.45) is 5.92 Å². The molecule has 0 radical (unpaired) electrons. The van der Waals surface area contributed by atoms with Crippen molar-refractivity contribution in [1.82, 2.24) is 15.3 Å². The van der Waals surface area contributed by atoms with Crippen LogP contribution in [-0.4, -0.2) is 23.1 Å². The number of thiazole rings is 1. The fourth-order valence-corrected chi connectivity index (χ4v) is 2.49. The van der Waals surface area contributed by atoms with E-state index in [1.807, 2.05) is 13.1 Å². The second-order valence-electron chi connectivity index (χ2n) is 5.06. The number of aromatic nitrogens is 2. The minimum atomic E-state index is 0.697. The molecule has 0 aliphatic heterocycles. The van der Waals surface area contributed by atoms with E-state index in [1.54, 1.807) is 17.5 Å². The van der Waals surface area contributed by atoms with E-state index in [-0.39, 0.29) is 0 Å². The van der Waals surface area contributed by atoms with E-state index in [0.717, 1.165) is 47.5 Å². The van der Waals surface area contributed by atoms with Gasteiger partial charge in [-0.2, -0.15) is 0 Å². The zero-order valence-electron chi connectivity index (χ0n) is 11.8. The van der Waals surface area contributed by atoms with E-state index in [0.29, 0.717) is 5.92 Å². The Balaban J connectivity index is 1.78. The molecule has 0 spiro atoms. The number of hydrogen-bond donors (Lipinski definition) is 1. The lowest BCUT2D eigenvalue weighted by molar-refractivity contribution is 0.484. The second-order valence-corrected chi connectivity index (χ2v) is 6.30. The third-order valence-corrected chi connectivity index (χ3v) is 3.64. The van der Waals surface area contributed by atoms with Crippen LogP contribution in [0.15, 0.2) is 16.8 Å². The van der Waals surface area contributed by atoms with Crippen molar-refractivity contribution in [2.75, 3.05) is 13.1 Å². The Morgan fingerprint density at radius 1 is 1.32 bits per heavy atom. The molecule has 0 saturated carbocycles. The molecule has 0 fully saturated rings. The molecule has 0 atom stereocenters. The second kappa shape index (κ2) is 6.82. The van der Waals surface area contributed by atoms with Gasteiger partial charge >= 0.3 is 0 Å². The summed E-state index contributed by atoms with van der Waals surface area (Å²) in [5.74, 6) is 2.34. The van der Waals surface area contributed by atoms with Gasteiger partial charge in [-0.05, 0) is 32.4 Å². The summed E-state index contributed by atoms with van der Waals surface area (Å²) in [7, 11) is 0. The molecule has 0 unspecified atom stereocenters. The molecule has 0 saturated heterocycles. The first-order chi connectivity index (χ1) is 9.15. The van der Waals surface area contributed by atoms with Crippen LogP contribution < -0.4 is 5.32 Å². The molecule has 4 nitrogen and oxygen atoms in total. The van der Waals surface area contributed by atoms with Crippen LogP contribution in [-0.2, 0) is 6.42 Å². The fraction of sp³-hybridized carbons (Fsp3) is 0.571. The molecule has 2 rings (SSSR count). The van der Waals surface area contributed by atoms with Crippen molar-refractivity contribution in [3.63, 3.8) is 0 Å². The zero-order valence-corrected chi connectivity index (χ0v) is 12.6. The average molecular weight is 279 g/mol. The Hall–Kier alpha value is -1.20. The van der Waals surface area contributed by atoms with Gasteiger partial charge in [-0.15, -0.1) is 11.3 Å². The monoisotopic (exact) mass is 279 g/mol. The quantitative estimate of drug-likeness (QED) is 0.790. The number of hydrogen-bond acceptors (Lipinski definition) is 5. The van der Waals surface area contributed by atoms with Crippen LogP contribution in [0.5, 0.6) is 0 Å². The van der Waals surface area contributed by atoms with Gasteiger partial charge in [0.1, 0.15) is 0 Å². The van der Waals surface area contributed by atoms with Crippen molar-refractivity contribution in [3.05, 3.63) is 23.3 Å². The summed E-state index contributed by atoms with van der Waals surface area (Å²) in [6.45, 7) is 8.49. The van der Waals surface area contributed by atoms with Crippen molar-refractivity contribution >= 4 is 11.3 Å². The Morgan fingerprint density at radius 2 is 2.16 bits per heavy atom. The molecule has 2 heterocycles. The lowest BCUT2D eigenvalue weighted by Gasteiger charge is -2.05. The highest BCUT2D eigenvalue weighted by atomic mass is 32.1. The van der Waals surface area contributed by atoms with E-state index in [1.165, 1.54) is 0 Å². The number of oxazole rings is 1. The van der Waals surface area contributed by atoms with Crippen LogP contribution in [0.3, 0.4) is 0 Å². The van der Waals surface area contributed by atoms with Gasteiger partial charge in [0.15, 0.2) is 11.7 Å². The highest BCUT2D eigenvalue weighted by Gasteiger charge is 2.08. The van der Waals surface area contributed by atoms with Gasteiger partial charge in [0, 0.05) is 12.6 Å². The maximum absolute atomic E-state index is 5.74. The lowest BCUT2D eigenvalue weighted by Crippen LogP contribution is -2.21. The van der Waals surface area contributed by atoms with Crippen LogP contribution >= 0.6 is 11.3 Å². The van der Waals surface area contributed by atoms with Gasteiger partial charge < -0.3 is 9.73 Å². The summed E-state index contributed by atoms with van der Waals surface area (Å²) in [6, 6.07) is 0. The number of rotatable bonds is 7. The van der Waals surface area contributed by atoms with E-state index < -0.39 is 0 Å². The van der Waals surface area contributed by atoms with Gasteiger partial charge in [-0.25, -0.2) is 9.97 Å². The summed E-state index contributed by atoms with van der Waals surface area (Å²) in [4.78, 5) is 9.60. The molecule has 1 N–H and O–H groups in total. The van der Waals surface area contributed by atoms with Crippen molar-refractivity contribution in [2.45, 2.75) is 33.6 Å². The normalized spacial score (nSPS) is 11.4. The Labute approximate surface area is 118 Å². The molecule has 0 bridgehead atoms. The van der Waals surface area contributed by atoms with Gasteiger partial charge in [-0.3, -0.25) is 0 Å². The number of nitrogens with one attached hydrogen (secondary N) is 1.